The predicted octanol–water partition coefficient (Wildman–Crippen LogP) is 2.53. The minimum absolute atomic E-state index is 0.0716. The zero-order valence-corrected chi connectivity index (χ0v) is 7.73. The summed E-state index contributed by atoms with van der Waals surface area (Å²) in [6.07, 6.45) is 1.39. The van der Waals surface area contributed by atoms with Crippen LogP contribution in [0.4, 0.5) is 4.39 Å². The largest absolute Gasteiger partial charge is 0.393 e. The predicted molar refractivity (Wildman–Crippen MR) is 45.3 cm³/mol. The fourth-order valence-corrected chi connectivity index (χ4v) is 1.14. The van der Waals surface area contributed by atoms with Crippen molar-refractivity contribution in [2.24, 2.45) is 5.41 Å². The van der Waals surface area contributed by atoms with Gasteiger partial charge >= 0.3 is 0 Å². The van der Waals surface area contributed by atoms with Gasteiger partial charge in [0.05, 0.1) is 6.61 Å². The van der Waals surface area contributed by atoms with E-state index in [1.807, 2.05) is 0 Å². The molecule has 0 heterocycles. The molecule has 0 aromatic heterocycles. The van der Waals surface area contributed by atoms with Crippen molar-refractivity contribution < 1.29 is 9.50 Å². The molecule has 1 unspecified atom stereocenters. The number of aliphatic hydroxyl groups excluding tert-OH is 1. The summed E-state index contributed by atoms with van der Waals surface area (Å²) >= 11 is 0. The standard InChI is InChI=1S/C9H19FO/c1-4-9(3,5-2)6-8(10)7-11/h8,11H,4-7H2,1-3H3. The summed E-state index contributed by atoms with van der Waals surface area (Å²) in [6.45, 7) is 5.85. The van der Waals surface area contributed by atoms with Crippen LogP contribution in [0.25, 0.3) is 0 Å². The highest BCUT2D eigenvalue weighted by atomic mass is 19.1. The summed E-state index contributed by atoms with van der Waals surface area (Å²) in [7, 11) is 0. The SMILES string of the molecule is CCC(C)(CC)CC(F)CO. The molecule has 0 bridgehead atoms. The zero-order chi connectivity index (χ0) is 8.91. The number of rotatable bonds is 5. The Morgan fingerprint density at radius 2 is 1.82 bits per heavy atom. The maximum Gasteiger partial charge on any atom is 0.124 e. The van der Waals surface area contributed by atoms with Crippen LogP contribution in [0.5, 0.6) is 0 Å². The fourth-order valence-electron chi connectivity index (χ4n) is 1.14. The number of hydrogen-bond donors (Lipinski definition) is 1. The van der Waals surface area contributed by atoms with Crippen molar-refractivity contribution in [1.82, 2.24) is 0 Å². The molecule has 1 N–H and O–H groups in total. The normalized spacial score (nSPS) is 15.0. The Bertz CT molecular complexity index is 99.7. The van der Waals surface area contributed by atoms with Crippen LogP contribution in [0.3, 0.4) is 0 Å². The molecule has 68 valence electrons. The number of aliphatic hydroxyl groups is 1. The molecule has 1 nitrogen and oxygen atoms in total. The summed E-state index contributed by atoms with van der Waals surface area (Å²) < 4.78 is 12.8. The minimum atomic E-state index is -1.04. The summed E-state index contributed by atoms with van der Waals surface area (Å²) in [4.78, 5) is 0. The van der Waals surface area contributed by atoms with E-state index in [9.17, 15) is 4.39 Å². The molecule has 0 rings (SSSR count). The highest BCUT2D eigenvalue weighted by Crippen LogP contribution is 2.31. The van der Waals surface area contributed by atoms with Crippen LogP contribution < -0.4 is 0 Å². The average Bonchev–Trinajstić information content (AvgIpc) is 2.04. The Kier molecular flexibility index (Phi) is 4.66. The third kappa shape index (κ3) is 3.71. The van der Waals surface area contributed by atoms with Crippen LogP contribution in [0.15, 0.2) is 0 Å². The zero-order valence-electron chi connectivity index (χ0n) is 7.73. The van der Waals surface area contributed by atoms with E-state index in [2.05, 4.69) is 20.8 Å². The molecular formula is C9H19FO. The molecule has 0 amide bonds. The van der Waals surface area contributed by atoms with E-state index in [4.69, 9.17) is 5.11 Å². The second-order valence-corrected chi connectivity index (χ2v) is 3.50. The van der Waals surface area contributed by atoms with Crippen LogP contribution in [-0.4, -0.2) is 17.9 Å². The highest BCUT2D eigenvalue weighted by molar-refractivity contribution is 4.74. The molecule has 2 heteroatoms. The summed E-state index contributed by atoms with van der Waals surface area (Å²) in [5, 5.41) is 8.51. The van der Waals surface area contributed by atoms with Gasteiger partial charge in [0.1, 0.15) is 6.17 Å². The van der Waals surface area contributed by atoms with Crippen LogP contribution in [0.2, 0.25) is 0 Å². The highest BCUT2D eigenvalue weighted by Gasteiger charge is 2.23. The van der Waals surface area contributed by atoms with Crippen molar-refractivity contribution in [3.05, 3.63) is 0 Å². The van der Waals surface area contributed by atoms with Gasteiger partial charge in [0.2, 0.25) is 0 Å². The lowest BCUT2D eigenvalue weighted by atomic mass is 9.80. The van der Waals surface area contributed by atoms with Gasteiger partial charge in [0, 0.05) is 0 Å². The first kappa shape index (κ1) is 10.9. The monoisotopic (exact) mass is 162 g/mol. The van der Waals surface area contributed by atoms with Crippen molar-refractivity contribution in [2.75, 3.05) is 6.61 Å². The van der Waals surface area contributed by atoms with E-state index >= 15 is 0 Å². The maximum absolute atomic E-state index is 12.8. The molecule has 0 spiro atoms. The second-order valence-electron chi connectivity index (χ2n) is 3.50. The van der Waals surface area contributed by atoms with Gasteiger partial charge in [0.25, 0.3) is 0 Å². The minimum Gasteiger partial charge on any atom is -0.393 e. The van der Waals surface area contributed by atoms with Gasteiger partial charge in [-0.1, -0.05) is 33.6 Å². The molecule has 0 saturated heterocycles. The van der Waals surface area contributed by atoms with Gasteiger partial charge in [-0.15, -0.1) is 0 Å². The Morgan fingerprint density at radius 1 is 1.36 bits per heavy atom. The second kappa shape index (κ2) is 4.70. The molecule has 1 atom stereocenters. The Labute approximate surface area is 68.6 Å². The van der Waals surface area contributed by atoms with E-state index in [1.165, 1.54) is 0 Å². The lowest BCUT2D eigenvalue weighted by molar-refractivity contribution is 0.116. The molecular weight excluding hydrogens is 143 g/mol. The molecule has 0 aliphatic rings. The van der Waals surface area contributed by atoms with Gasteiger partial charge in [-0.2, -0.15) is 0 Å². The maximum atomic E-state index is 12.8. The third-order valence-corrected chi connectivity index (χ3v) is 2.62. The van der Waals surface area contributed by atoms with Crippen LogP contribution in [0.1, 0.15) is 40.0 Å². The Balaban J connectivity index is 3.86. The number of hydrogen-bond acceptors (Lipinski definition) is 1. The quantitative estimate of drug-likeness (QED) is 0.658. The summed E-state index contributed by atoms with van der Waals surface area (Å²) in [6, 6.07) is 0. The molecule has 0 aliphatic carbocycles. The van der Waals surface area contributed by atoms with Crippen molar-refractivity contribution in [2.45, 2.75) is 46.2 Å². The van der Waals surface area contributed by atoms with Gasteiger partial charge in [0.15, 0.2) is 0 Å². The molecule has 0 aromatic carbocycles. The average molecular weight is 162 g/mol. The van der Waals surface area contributed by atoms with Gasteiger partial charge < -0.3 is 5.11 Å². The van der Waals surface area contributed by atoms with Gasteiger partial charge in [-0.05, 0) is 11.8 Å². The third-order valence-electron chi connectivity index (χ3n) is 2.62. The molecule has 0 radical (unpaired) electrons. The summed E-state index contributed by atoms with van der Waals surface area (Å²) in [5.74, 6) is 0. The Hall–Kier alpha value is -0.110. The fraction of sp³-hybridized carbons (Fsp3) is 1.00. The van der Waals surface area contributed by atoms with Crippen LogP contribution in [-0.2, 0) is 0 Å². The Morgan fingerprint density at radius 3 is 2.09 bits per heavy atom. The topological polar surface area (TPSA) is 20.2 Å². The van der Waals surface area contributed by atoms with E-state index in [1.54, 1.807) is 0 Å². The van der Waals surface area contributed by atoms with E-state index < -0.39 is 6.17 Å². The van der Waals surface area contributed by atoms with E-state index in [-0.39, 0.29) is 12.0 Å². The smallest absolute Gasteiger partial charge is 0.124 e. The molecule has 11 heavy (non-hydrogen) atoms. The first-order valence-corrected chi connectivity index (χ1v) is 4.33. The number of halogens is 1. The van der Waals surface area contributed by atoms with Crippen molar-refractivity contribution in [3.8, 4) is 0 Å². The summed E-state index contributed by atoms with van der Waals surface area (Å²) in [5.41, 5.74) is 0.0716. The van der Waals surface area contributed by atoms with Crippen molar-refractivity contribution >= 4 is 0 Å². The molecule has 0 fully saturated rings. The lowest BCUT2D eigenvalue weighted by Crippen LogP contribution is -2.21. The van der Waals surface area contributed by atoms with E-state index in [0.717, 1.165) is 12.8 Å². The molecule has 0 saturated carbocycles. The molecule has 0 aromatic rings. The van der Waals surface area contributed by atoms with Gasteiger partial charge in [-0.25, -0.2) is 4.39 Å². The van der Waals surface area contributed by atoms with Crippen LogP contribution in [0, 0.1) is 5.41 Å². The first-order chi connectivity index (χ1) is 5.08. The van der Waals surface area contributed by atoms with Gasteiger partial charge in [-0.3, -0.25) is 0 Å². The molecule has 0 aliphatic heterocycles. The number of alkyl halides is 1. The van der Waals surface area contributed by atoms with Crippen LogP contribution >= 0.6 is 0 Å². The first-order valence-electron chi connectivity index (χ1n) is 4.33. The van der Waals surface area contributed by atoms with E-state index in [0.29, 0.717) is 6.42 Å². The van der Waals surface area contributed by atoms with Crippen molar-refractivity contribution in [1.29, 1.82) is 0 Å². The van der Waals surface area contributed by atoms with Crippen molar-refractivity contribution in [3.63, 3.8) is 0 Å². The lowest BCUT2D eigenvalue weighted by Gasteiger charge is -2.27.